The highest BCUT2D eigenvalue weighted by molar-refractivity contribution is 5.76. The molecule has 0 aromatic heterocycles. The molecule has 412 valence electrons. The van der Waals surface area contributed by atoms with E-state index in [4.69, 9.17) is 0 Å². The van der Waals surface area contributed by atoms with Crippen LogP contribution in [0.5, 0.6) is 0 Å². The average molecular weight is 975 g/mol. The number of carbonyl (C=O) groups is 1. The first kappa shape index (κ1) is 68.1. The standard InChI is InChI=1S/C64H127NO4/c1-3-5-7-9-11-13-15-17-19-21-23-25-27-28-29-30-31-32-33-34-35-36-37-39-41-43-45-47-49-51-53-55-57-59-63(68)65-61(60-66)64(69)62(67)58-56-54-52-50-48-46-44-42-40-38-26-24-22-20-18-16-14-12-10-8-6-4-2/h50,52,61-62,64,66-67,69H,3-49,51,53-60H2,1-2H3,(H,65,68)/b52-50+. The van der Waals surface area contributed by atoms with Gasteiger partial charge in [-0.05, 0) is 38.5 Å². The van der Waals surface area contributed by atoms with Crippen molar-refractivity contribution >= 4 is 5.91 Å². The largest absolute Gasteiger partial charge is 0.394 e. The summed E-state index contributed by atoms with van der Waals surface area (Å²) in [6.07, 6.45) is 75.5. The van der Waals surface area contributed by atoms with Gasteiger partial charge >= 0.3 is 0 Å². The number of unbranched alkanes of at least 4 members (excludes halogenated alkanes) is 50. The molecule has 0 saturated carbocycles. The van der Waals surface area contributed by atoms with Crippen LogP contribution >= 0.6 is 0 Å². The van der Waals surface area contributed by atoms with Gasteiger partial charge in [-0.3, -0.25) is 4.79 Å². The summed E-state index contributed by atoms with van der Waals surface area (Å²) in [7, 11) is 0. The van der Waals surface area contributed by atoms with Crippen molar-refractivity contribution in [2.24, 2.45) is 0 Å². The van der Waals surface area contributed by atoms with E-state index >= 15 is 0 Å². The molecule has 0 aromatic carbocycles. The Labute approximate surface area is 433 Å². The summed E-state index contributed by atoms with van der Waals surface area (Å²) in [6, 6.07) is -0.823. The lowest BCUT2D eigenvalue weighted by atomic mass is 10.0. The van der Waals surface area contributed by atoms with E-state index in [1.165, 1.54) is 302 Å². The molecule has 4 N–H and O–H groups in total. The highest BCUT2D eigenvalue weighted by Gasteiger charge is 2.26. The molecule has 5 nitrogen and oxygen atoms in total. The van der Waals surface area contributed by atoms with Gasteiger partial charge in [0.25, 0.3) is 0 Å². The van der Waals surface area contributed by atoms with E-state index in [1.54, 1.807) is 0 Å². The van der Waals surface area contributed by atoms with E-state index in [0.29, 0.717) is 12.8 Å². The Hall–Kier alpha value is -0.910. The van der Waals surface area contributed by atoms with Crippen LogP contribution in [0.4, 0.5) is 0 Å². The van der Waals surface area contributed by atoms with Gasteiger partial charge in [-0.2, -0.15) is 0 Å². The number of rotatable bonds is 60. The fourth-order valence-electron chi connectivity index (χ4n) is 10.5. The number of hydrogen-bond acceptors (Lipinski definition) is 4. The van der Waals surface area contributed by atoms with Crippen LogP contribution in [0.1, 0.15) is 367 Å². The summed E-state index contributed by atoms with van der Waals surface area (Å²) in [5, 5.41) is 33.8. The topological polar surface area (TPSA) is 89.8 Å². The second-order valence-corrected chi connectivity index (χ2v) is 22.3. The highest BCUT2D eigenvalue weighted by Crippen LogP contribution is 2.19. The number of allylic oxidation sites excluding steroid dienone is 2. The third-order valence-corrected chi connectivity index (χ3v) is 15.4. The van der Waals surface area contributed by atoms with Gasteiger partial charge in [-0.1, -0.05) is 334 Å². The molecule has 0 aliphatic carbocycles. The maximum atomic E-state index is 12.5. The van der Waals surface area contributed by atoms with Gasteiger partial charge in [-0.15, -0.1) is 0 Å². The smallest absolute Gasteiger partial charge is 0.220 e. The van der Waals surface area contributed by atoms with Crippen LogP contribution in [0.15, 0.2) is 12.2 Å². The van der Waals surface area contributed by atoms with Crippen LogP contribution in [0.3, 0.4) is 0 Å². The molecule has 3 atom stereocenters. The molecule has 0 aromatic rings. The predicted octanol–water partition coefficient (Wildman–Crippen LogP) is 20.2. The molecule has 0 spiro atoms. The van der Waals surface area contributed by atoms with Crippen LogP contribution in [-0.2, 0) is 4.79 Å². The molecule has 0 radical (unpaired) electrons. The zero-order valence-corrected chi connectivity index (χ0v) is 47.2. The lowest BCUT2D eigenvalue weighted by Gasteiger charge is -2.26. The minimum Gasteiger partial charge on any atom is -0.394 e. The maximum absolute atomic E-state index is 12.5. The molecule has 0 aliphatic rings. The molecular weight excluding hydrogens is 847 g/mol. The van der Waals surface area contributed by atoms with Crippen molar-refractivity contribution in [1.29, 1.82) is 0 Å². The van der Waals surface area contributed by atoms with E-state index in [0.717, 1.165) is 38.5 Å². The Morgan fingerprint density at radius 3 is 0.841 bits per heavy atom. The zero-order valence-electron chi connectivity index (χ0n) is 47.2. The Balaban J connectivity index is 3.47. The summed E-state index contributed by atoms with van der Waals surface area (Å²) in [5.41, 5.74) is 0. The summed E-state index contributed by atoms with van der Waals surface area (Å²) >= 11 is 0. The van der Waals surface area contributed by atoms with Crippen LogP contribution in [0.25, 0.3) is 0 Å². The van der Waals surface area contributed by atoms with Gasteiger partial charge < -0.3 is 20.6 Å². The van der Waals surface area contributed by atoms with E-state index in [2.05, 4.69) is 31.3 Å². The van der Waals surface area contributed by atoms with Crippen LogP contribution < -0.4 is 5.32 Å². The number of amides is 1. The third-order valence-electron chi connectivity index (χ3n) is 15.4. The van der Waals surface area contributed by atoms with Crippen molar-refractivity contribution in [3.63, 3.8) is 0 Å². The molecule has 0 fully saturated rings. The molecule has 0 aliphatic heterocycles. The molecule has 0 bridgehead atoms. The van der Waals surface area contributed by atoms with Crippen LogP contribution in [0, 0.1) is 0 Å². The Morgan fingerprint density at radius 1 is 0.348 bits per heavy atom. The predicted molar refractivity (Wildman–Crippen MR) is 305 cm³/mol. The lowest BCUT2D eigenvalue weighted by molar-refractivity contribution is -0.124. The van der Waals surface area contributed by atoms with Gasteiger partial charge in [0.15, 0.2) is 0 Å². The Morgan fingerprint density at radius 2 is 0.580 bits per heavy atom. The summed E-state index contributed by atoms with van der Waals surface area (Å²) in [6.45, 7) is 4.22. The van der Waals surface area contributed by atoms with Crippen LogP contribution in [0.2, 0.25) is 0 Å². The van der Waals surface area contributed by atoms with E-state index < -0.39 is 18.2 Å². The van der Waals surface area contributed by atoms with Gasteiger partial charge in [-0.25, -0.2) is 0 Å². The Kier molecular flexibility index (Phi) is 58.9. The molecular formula is C64H127NO4. The normalized spacial score (nSPS) is 13.2. The van der Waals surface area contributed by atoms with Gasteiger partial charge in [0.2, 0.25) is 5.91 Å². The monoisotopic (exact) mass is 974 g/mol. The minimum absolute atomic E-state index is 0.145. The Bertz CT molecular complexity index is 987. The first-order chi connectivity index (χ1) is 34.1. The summed E-state index contributed by atoms with van der Waals surface area (Å²) in [4.78, 5) is 12.5. The van der Waals surface area contributed by atoms with E-state index in [9.17, 15) is 20.1 Å². The van der Waals surface area contributed by atoms with Crippen LogP contribution in [-0.4, -0.2) is 46.1 Å². The van der Waals surface area contributed by atoms with E-state index in [-0.39, 0.29) is 12.5 Å². The summed E-state index contributed by atoms with van der Waals surface area (Å²) < 4.78 is 0. The van der Waals surface area contributed by atoms with Gasteiger partial charge in [0.1, 0.15) is 6.10 Å². The number of hydrogen-bond donors (Lipinski definition) is 4. The fraction of sp³-hybridized carbons (Fsp3) is 0.953. The fourth-order valence-corrected chi connectivity index (χ4v) is 10.5. The van der Waals surface area contributed by atoms with Gasteiger partial charge in [0.05, 0.1) is 18.8 Å². The first-order valence-electron chi connectivity index (χ1n) is 32.0. The van der Waals surface area contributed by atoms with Crippen molar-refractivity contribution in [1.82, 2.24) is 5.32 Å². The number of aliphatic hydroxyl groups is 3. The zero-order chi connectivity index (χ0) is 50.0. The van der Waals surface area contributed by atoms with Crippen molar-refractivity contribution in [2.75, 3.05) is 6.61 Å². The number of aliphatic hydroxyl groups excluding tert-OH is 3. The average Bonchev–Trinajstić information content (AvgIpc) is 3.35. The molecule has 0 heterocycles. The van der Waals surface area contributed by atoms with Crippen molar-refractivity contribution < 1.29 is 20.1 Å². The van der Waals surface area contributed by atoms with Crippen molar-refractivity contribution in [2.45, 2.75) is 385 Å². The molecule has 1 amide bonds. The first-order valence-corrected chi connectivity index (χ1v) is 32.0. The summed E-state index contributed by atoms with van der Waals surface area (Å²) in [5.74, 6) is -0.145. The molecule has 3 unspecified atom stereocenters. The highest BCUT2D eigenvalue weighted by atomic mass is 16.3. The second-order valence-electron chi connectivity index (χ2n) is 22.3. The minimum atomic E-state index is -1.16. The van der Waals surface area contributed by atoms with Gasteiger partial charge in [0, 0.05) is 6.42 Å². The van der Waals surface area contributed by atoms with Crippen molar-refractivity contribution in [3.8, 4) is 0 Å². The van der Waals surface area contributed by atoms with Crippen molar-refractivity contribution in [3.05, 3.63) is 12.2 Å². The lowest BCUT2D eigenvalue weighted by Crippen LogP contribution is -2.50. The number of carbonyl (C=O) groups excluding carboxylic acids is 1. The second kappa shape index (κ2) is 59.7. The SMILES string of the molecule is CCCCCCCCCCCCCCCCCCC/C=C/CCCC(O)C(O)C(CO)NC(=O)CCCCCCCCCCCCCCCCCCCCCCCCCCCCCCCCCCC. The molecule has 0 saturated heterocycles. The third kappa shape index (κ3) is 54.7. The quantitative estimate of drug-likeness (QED) is 0.0361. The molecule has 69 heavy (non-hydrogen) atoms. The molecule has 0 rings (SSSR count). The number of nitrogens with one attached hydrogen (secondary N) is 1. The maximum Gasteiger partial charge on any atom is 0.220 e. The molecule has 5 heteroatoms. The van der Waals surface area contributed by atoms with E-state index in [1.807, 2.05) is 0 Å².